The van der Waals surface area contributed by atoms with Gasteiger partial charge in [-0.15, -0.1) is 0 Å². The van der Waals surface area contributed by atoms with Crippen molar-refractivity contribution in [1.29, 1.82) is 0 Å². The molecule has 0 saturated heterocycles. The first kappa shape index (κ1) is 39.9. The zero-order valence-corrected chi connectivity index (χ0v) is 38.1. The maximum Gasteiger partial charge on any atom is 0.143 e. The van der Waals surface area contributed by atoms with Crippen LogP contribution in [0.3, 0.4) is 0 Å². The van der Waals surface area contributed by atoms with Crippen LogP contribution in [0, 0.1) is 0 Å². The second-order valence-electron chi connectivity index (χ2n) is 18.3. The van der Waals surface area contributed by atoms with E-state index in [-0.39, 0.29) is 0 Å². The summed E-state index contributed by atoms with van der Waals surface area (Å²) in [6.45, 7) is 0. The molecule has 0 aliphatic heterocycles. The normalized spacial score (nSPS) is 14.1. The van der Waals surface area contributed by atoms with Crippen LogP contribution in [-0.2, 0) is 5.41 Å². The minimum Gasteiger partial charge on any atom is -0.455 e. The zero-order chi connectivity index (χ0) is 46.2. The molecule has 11 aromatic carbocycles. The lowest BCUT2D eigenvalue weighted by Gasteiger charge is -2.35. The highest BCUT2D eigenvalue weighted by Crippen LogP contribution is 2.60. The maximum atomic E-state index is 6.54. The van der Waals surface area contributed by atoms with Gasteiger partial charge in [0.1, 0.15) is 22.3 Å². The number of anilines is 3. The standard InChI is InChI=1S/C67H43NO2/c1-3-17-44(18-4-1)47-19-13-22-49(43-47)67(48-20-5-2-6-21-48)59-30-10-7-25-58(59)64-60(67)31-16-32-61(64)68(50-39-35-45(36-40-50)52-26-14-28-56-54-23-8-11-33-62(54)69-65(52)56)51-41-37-46(38-42-51)53-27-15-29-57-55-24-9-12-34-63(55)70-66(53)57/h1-43H. The van der Waals surface area contributed by atoms with Crippen LogP contribution in [0.15, 0.2) is 270 Å². The average molecular weight is 894 g/mol. The fourth-order valence-corrected chi connectivity index (χ4v) is 11.5. The number of fused-ring (bicyclic) bond motifs is 9. The first-order valence-electron chi connectivity index (χ1n) is 24.0. The van der Waals surface area contributed by atoms with Crippen molar-refractivity contribution >= 4 is 60.9 Å². The molecule has 0 amide bonds. The van der Waals surface area contributed by atoms with E-state index in [4.69, 9.17) is 8.83 Å². The van der Waals surface area contributed by atoms with E-state index in [1.165, 1.54) is 44.5 Å². The summed E-state index contributed by atoms with van der Waals surface area (Å²) in [7, 11) is 0. The number of rotatable bonds is 8. The molecule has 0 N–H and O–H groups in total. The van der Waals surface area contributed by atoms with Crippen LogP contribution in [0.4, 0.5) is 17.1 Å². The van der Waals surface area contributed by atoms with Gasteiger partial charge in [-0.25, -0.2) is 0 Å². The summed E-state index contributed by atoms with van der Waals surface area (Å²) in [5, 5.41) is 4.48. The molecule has 0 saturated carbocycles. The van der Waals surface area contributed by atoms with E-state index in [0.717, 1.165) is 83.2 Å². The largest absolute Gasteiger partial charge is 0.455 e. The first-order valence-corrected chi connectivity index (χ1v) is 24.0. The molecular formula is C67H43NO2. The quantitative estimate of drug-likeness (QED) is 0.152. The van der Waals surface area contributed by atoms with Crippen LogP contribution in [0.25, 0.3) is 88.4 Å². The summed E-state index contributed by atoms with van der Waals surface area (Å²) in [4.78, 5) is 2.44. The second-order valence-corrected chi connectivity index (χ2v) is 18.3. The summed E-state index contributed by atoms with van der Waals surface area (Å²) in [5.74, 6) is 0. The Balaban J connectivity index is 0.979. The zero-order valence-electron chi connectivity index (χ0n) is 38.1. The molecule has 70 heavy (non-hydrogen) atoms. The van der Waals surface area contributed by atoms with Crippen molar-refractivity contribution < 1.29 is 8.83 Å². The molecule has 328 valence electrons. The summed E-state index contributed by atoms with van der Waals surface area (Å²) in [6.07, 6.45) is 0. The fourth-order valence-electron chi connectivity index (χ4n) is 11.5. The van der Waals surface area contributed by atoms with Crippen LogP contribution in [0.5, 0.6) is 0 Å². The van der Waals surface area contributed by atoms with Crippen molar-refractivity contribution in [3.63, 3.8) is 0 Å². The van der Waals surface area contributed by atoms with Gasteiger partial charge in [-0.05, 0) is 98.6 Å². The van der Waals surface area contributed by atoms with Crippen molar-refractivity contribution in [3.8, 4) is 44.5 Å². The highest BCUT2D eigenvalue weighted by Gasteiger charge is 2.47. The Hall–Kier alpha value is -9.18. The maximum absolute atomic E-state index is 6.54. The van der Waals surface area contributed by atoms with E-state index in [1.54, 1.807) is 0 Å². The van der Waals surface area contributed by atoms with Gasteiger partial charge in [0, 0.05) is 49.6 Å². The molecule has 14 rings (SSSR count). The van der Waals surface area contributed by atoms with Crippen molar-refractivity contribution in [1.82, 2.24) is 0 Å². The number of furan rings is 2. The van der Waals surface area contributed by atoms with Crippen molar-refractivity contribution in [2.45, 2.75) is 5.41 Å². The Morgan fingerprint density at radius 2 is 0.757 bits per heavy atom. The molecule has 1 aliphatic rings. The molecule has 0 radical (unpaired) electrons. The minimum atomic E-state index is -0.607. The molecule has 2 heterocycles. The van der Waals surface area contributed by atoms with Gasteiger partial charge < -0.3 is 13.7 Å². The van der Waals surface area contributed by atoms with Gasteiger partial charge in [-0.1, -0.05) is 212 Å². The molecule has 3 nitrogen and oxygen atoms in total. The first-order chi connectivity index (χ1) is 34.7. The highest BCUT2D eigenvalue weighted by molar-refractivity contribution is 6.11. The van der Waals surface area contributed by atoms with Crippen LogP contribution < -0.4 is 4.90 Å². The lowest BCUT2D eigenvalue weighted by atomic mass is 9.67. The molecule has 1 atom stereocenters. The second kappa shape index (κ2) is 16.0. The Bertz CT molecular complexity index is 3950. The third-order valence-corrected chi connectivity index (χ3v) is 14.6. The summed E-state index contributed by atoms with van der Waals surface area (Å²) in [6, 6.07) is 94.4. The predicted molar refractivity (Wildman–Crippen MR) is 289 cm³/mol. The van der Waals surface area contributed by atoms with Crippen molar-refractivity contribution in [2.24, 2.45) is 0 Å². The smallest absolute Gasteiger partial charge is 0.143 e. The lowest BCUT2D eigenvalue weighted by molar-refractivity contribution is 0.669. The Kier molecular flexibility index (Phi) is 9.11. The molecule has 3 heteroatoms. The molecule has 0 fully saturated rings. The van der Waals surface area contributed by atoms with Crippen LogP contribution in [-0.4, -0.2) is 0 Å². The number of nitrogens with zero attached hydrogens (tertiary/aromatic N) is 1. The minimum absolute atomic E-state index is 0.607. The third-order valence-electron chi connectivity index (χ3n) is 14.6. The predicted octanol–water partition coefficient (Wildman–Crippen LogP) is 18.3. The van der Waals surface area contributed by atoms with E-state index >= 15 is 0 Å². The van der Waals surface area contributed by atoms with E-state index in [9.17, 15) is 0 Å². The highest BCUT2D eigenvalue weighted by atomic mass is 16.3. The van der Waals surface area contributed by atoms with Gasteiger partial charge in [-0.3, -0.25) is 0 Å². The van der Waals surface area contributed by atoms with E-state index in [2.05, 4.69) is 241 Å². The SMILES string of the molecule is c1ccc(-c2cccc(C3(c4ccccc4)c4ccccc4-c4c(N(c5ccc(-c6cccc7c6oc6ccccc67)cc5)c5ccc(-c6cccc7c6oc6ccccc67)cc5)cccc43)c2)cc1. The fraction of sp³-hybridized carbons (Fsp3) is 0.0149. The molecule has 13 aromatic rings. The molecule has 1 unspecified atom stereocenters. The third kappa shape index (κ3) is 6.08. The van der Waals surface area contributed by atoms with Crippen LogP contribution in [0.1, 0.15) is 22.3 Å². The van der Waals surface area contributed by atoms with E-state index in [1.807, 2.05) is 24.3 Å². The molecule has 2 aromatic heterocycles. The van der Waals surface area contributed by atoms with E-state index < -0.39 is 5.41 Å². The summed E-state index contributed by atoms with van der Waals surface area (Å²) >= 11 is 0. The molecule has 0 bridgehead atoms. The Morgan fingerprint density at radius 1 is 0.300 bits per heavy atom. The van der Waals surface area contributed by atoms with Crippen LogP contribution >= 0.6 is 0 Å². The summed E-state index contributed by atoms with van der Waals surface area (Å²) < 4.78 is 13.1. The van der Waals surface area contributed by atoms with Gasteiger partial charge in [0.25, 0.3) is 0 Å². The van der Waals surface area contributed by atoms with E-state index in [0.29, 0.717) is 0 Å². The number of hydrogen-bond acceptors (Lipinski definition) is 3. The lowest BCUT2D eigenvalue weighted by Crippen LogP contribution is -2.28. The Labute approximate surface area is 405 Å². The van der Waals surface area contributed by atoms with Gasteiger partial charge in [0.2, 0.25) is 0 Å². The number of benzene rings is 11. The van der Waals surface area contributed by atoms with Crippen LogP contribution in [0.2, 0.25) is 0 Å². The van der Waals surface area contributed by atoms with Gasteiger partial charge >= 0.3 is 0 Å². The van der Waals surface area contributed by atoms with Gasteiger partial charge in [0.05, 0.1) is 11.1 Å². The monoisotopic (exact) mass is 893 g/mol. The van der Waals surface area contributed by atoms with Gasteiger partial charge in [-0.2, -0.15) is 0 Å². The number of para-hydroxylation sites is 4. The molecule has 0 spiro atoms. The van der Waals surface area contributed by atoms with Crippen molar-refractivity contribution in [2.75, 3.05) is 4.90 Å². The molecule has 1 aliphatic carbocycles. The van der Waals surface area contributed by atoms with Gasteiger partial charge in [0.15, 0.2) is 0 Å². The topological polar surface area (TPSA) is 29.5 Å². The van der Waals surface area contributed by atoms with Crippen molar-refractivity contribution in [3.05, 3.63) is 283 Å². The summed E-state index contributed by atoms with van der Waals surface area (Å²) in [5.41, 5.74) is 20.2. The Morgan fingerprint density at radius 3 is 1.39 bits per heavy atom. The number of hydrogen-bond donors (Lipinski definition) is 0. The molecular weight excluding hydrogens is 851 g/mol. The average Bonchev–Trinajstić information content (AvgIpc) is 4.11.